The van der Waals surface area contributed by atoms with Crippen LogP contribution in [0.2, 0.25) is 5.02 Å². The van der Waals surface area contributed by atoms with Gasteiger partial charge in [0.25, 0.3) is 0 Å². The van der Waals surface area contributed by atoms with Crippen LogP contribution in [0.15, 0.2) is 53.1 Å². The number of allylic oxidation sites excluding steroid dienone is 3. The summed E-state index contributed by atoms with van der Waals surface area (Å²) in [5, 5.41) is 17.6. The van der Waals surface area contributed by atoms with Gasteiger partial charge in [0, 0.05) is 18.8 Å². The highest BCUT2D eigenvalue weighted by Gasteiger charge is 2.16. The van der Waals surface area contributed by atoms with E-state index in [1.165, 1.54) is 19.1 Å². The van der Waals surface area contributed by atoms with Crippen LogP contribution in [0.5, 0.6) is 0 Å². The Kier molecular flexibility index (Phi) is 7.75. The first kappa shape index (κ1) is 21.4. The average molecular weight is 417 g/mol. The molecule has 1 aromatic carbocycles. The second-order valence-electron chi connectivity index (χ2n) is 7.36. The minimum absolute atomic E-state index is 0.336. The van der Waals surface area contributed by atoms with Crippen molar-refractivity contribution in [1.29, 1.82) is 0 Å². The van der Waals surface area contributed by atoms with E-state index in [1.54, 1.807) is 13.1 Å². The van der Waals surface area contributed by atoms with Gasteiger partial charge in [-0.2, -0.15) is 0 Å². The standard InChI is InChI=1S/C22H29ClN4O2/c1-25-13-17(5-4-15-3-2-10-26-12-15)16-6-8-19(23)20(11-16)27-22(28)18-7-9-21(24)29-14-18/h5-6,8-9,11,13-15,22,26-28H,2-4,7,10,12,24H2,1H3/b17-5+,25-13?. The third-order valence-corrected chi connectivity index (χ3v) is 5.50. The number of nitrogens with two attached hydrogens (primary N) is 1. The number of halogens is 1. The summed E-state index contributed by atoms with van der Waals surface area (Å²) in [6.45, 7) is 2.17. The summed E-state index contributed by atoms with van der Waals surface area (Å²) >= 11 is 6.37. The number of anilines is 1. The first-order valence-corrected chi connectivity index (χ1v) is 10.3. The number of hydrogen-bond donors (Lipinski definition) is 4. The van der Waals surface area contributed by atoms with Crippen molar-refractivity contribution < 1.29 is 9.84 Å². The summed E-state index contributed by atoms with van der Waals surface area (Å²) < 4.78 is 5.18. The van der Waals surface area contributed by atoms with Crippen molar-refractivity contribution in [3.8, 4) is 0 Å². The highest BCUT2D eigenvalue weighted by Crippen LogP contribution is 2.29. The Bertz CT molecular complexity index is 826. The zero-order valence-corrected chi connectivity index (χ0v) is 17.5. The van der Waals surface area contributed by atoms with E-state index < -0.39 is 6.23 Å². The number of rotatable bonds is 7. The van der Waals surface area contributed by atoms with Gasteiger partial charge in [-0.05, 0) is 74.0 Å². The van der Waals surface area contributed by atoms with Gasteiger partial charge < -0.3 is 26.2 Å². The summed E-state index contributed by atoms with van der Waals surface area (Å²) in [4.78, 5) is 4.21. The molecule has 2 aliphatic rings. The molecule has 2 heterocycles. The molecule has 0 amide bonds. The van der Waals surface area contributed by atoms with Crippen LogP contribution in [0.3, 0.4) is 0 Å². The first-order valence-electron chi connectivity index (χ1n) is 9.95. The van der Waals surface area contributed by atoms with Crippen molar-refractivity contribution in [3.05, 3.63) is 58.7 Å². The number of nitrogens with zero attached hydrogens (tertiary/aromatic N) is 1. The Morgan fingerprint density at radius 1 is 1.52 bits per heavy atom. The summed E-state index contributed by atoms with van der Waals surface area (Å²) in [7, 11) is 1.77. The number of aliphatic imine (C=N–C) groups is 1. The van der Waals surface area contributed by atoms with Crippen LogP contribution < -0.4 is 16.4 Å². The predicted octanol–water partition coefficient (Wildman–Crippen LogP) is 3.65. The van der Waals surface area contributed by atoms with Crippen LogP contribution in [0.1, 0.15) is 31.2 Å². The van der Waals surface area contributed by atoms with Gasteiger partial charge in [0.2, 0.25) is 0 Å². The molecule has 0 radical (unpaired) electrons. The number of nitrogens with one attached hydrogen (secondary N) is 2. The highest BCUT2D eigenvalue weighted by atomic mass is 35.5. The van der Waals surface area contributed by atoms with Crippen LogP contribution >= 0.6 is 11.6 Å². The molecule has 156 valence electrons. The fourth-order valence-electron chi connectivity index (χ4n) is 3.49. The summed E-state index contributed by atoms with van der Waals surface area (Å²) in [6, 6.07) is 5.74. The highest BCUT2D eigenvalue weighted by molar-refractivity contribution is 6.33. The van der Waals surface area contributed by atoms with E-state index in [0.29, 0.717) is 34.5 Å². The van der Waals surface area contributed by atoms with Crippen LogP contribution in [-0.2, 0) is 4.74 Å². The molecule has 1 fully saturated rings. The van der Waals surface area contributed by atoms with Gasteiger partial charge in [0.15, 0.2) is 5.88 Å². The van der Waals surface area contributed by atoms with E-state index >= 15 is 0 Å². The predicted molar refractivity (Wildman–Crippen MR) is 120 cm³/mol. The topological polar surface area (TPSA) is 91.9 Å². The molecule has 0 bridgehead atoms. The average Bonchev–Trinajstić information content (AvgIpc) is 2.74. The zero-order valence-electron chi connectivity index (χ0n) is 16.7. The van der Waals surface area contributed by atoms with Crippen molar-refractivity contribution in [2.75, 3.05) is 25.5 Å². The molecule has 0 saturated carbocycles. The maximum absolute atomic E-state index is 10.5. The minimum atomic E-state index is -0.923. The molecule has 1 aromatic rings. The minimum Gasteiger partial charge on any atom is -0.449 e. The summed E-state index contributed by atoms with van der Waals surface area (Å²) in [5.74, 6) is 0.984. The van der Waals surface area contributed by atoms with Crippen molar-refractivity contribution in [2.45, 2.75) is 31.9 Å². The van der Waals surface area contributed by atoms with Gasteiger partial charge in [0.1, 0.15) is 6.23 Å². The van der Waals surface area contributed by atoms with Crippen LogP contribution in [0.4, 0.5) is 5.69 Å². The van der Waals surface area contributed by atoms with Gasteiger partial charge in [-0.15, -0.1) is 0 Å². The van der Waals surface area contributed by atoms with Crippen molar-refractivity contribution in [2.24, 2.45) is 16.6 Å². The van der Waals surface area contributed by atoms with Crippen molar-refractivity contribution >= 4 is 29.1 Å². The third kappa shape index (κ3) is 6.10. The summed E-state index contributed by atoms with van der Waals surface area (Å²) in [6.07, 6.45) is 10.4. The van der Waals surface area contributed by atoms with Crippen molar-refractivity contribution in [3.63, 3.8) is 0 Å². The molecule has 7 heteroatoms. The Balaban J connectivity index is 1.74. The van der Waals surface area contributed by atoms with Gasteiger partial charge in [0.05, 0.1) is 17.0 Å². The molecule has 2 atom stereocenters. The van der Waals surface area contributed by atoms with Crippen LogP contribution in [0.25, 0.3) is 5.57 Å². The van der Waals surface area contributed by atoms with Gasteiger partial charge >= 0.3 is 0 Å². The lowest BCUT2D eigenvalue weighted by Gasteiger charge is -2.22. The number of piperidine rings is 1. The Morgan fingerprint density at radius 2 is 2.38 bits per heavy atom. The molecule has 3 rings (SSSR count). The maximum atomic E-state index is 10.5. The molecule has 0 aliphatic carbocycles. The fourth-order valence-corrected chi connectivity index (χ4v) is 3.67. The molecule has 5 N–H and O–H groups in total. The summed E-state index contributed by atoms with van der Waals surface area (Å²) in [5.41, 5.74) is 8.95. The lowest BCUT2D eigenvalue weighted by Crippen LogP contribution is -2.29. The van der Waals surface area contributed by atoms with E-state index in [1.807, 2.05) is 24.4 Å². The largest absolute Gasteiger partial charge is 0.449 e. The van der Waals surface area contributed by atoms with E-state index in [0.717, 1.165) is 30.6 Å². The molecule has 1 saturated heterocycles. The van der Waals surface area contributed by atoms with Gasteiger partial charge in [-0.1, -0.05) is 23.7 Å². The molecule has 6 nitrogen and oxygen atoms in total. The Labute approximate surface area is 177 Å². The van der Waals surface area contributed by atoms with Gasteiger partial charge in [-0.25, -0.2) is 0 Å². The first-order chi connectivity index (χ1) is 14.1. The van der Waals surface area contributed by atoms with E-state index in [9.17, 15) is 5.11 Å². The Morgan fingerprint density at radius 3 is 3.07 bits per heavy atom. The second kappa shape index (κ2) is 10.5. The molecule has 2 aliphatic heterocycles. The Hall–Kier alpha value is -2.28. The molecule has 29 heavy (non-hydrogen) atoms. The van der Waals surface area contributed by atoms with Gasteiger partial charge in [-0.3, -0.25) is 4.99 Å². The smallest absolute Gasteiger partial charge is 0.186 e. The lowest BCUT2D eigenvalue weighted by molar-refractivity contribution is 0.223. The SMILES string of the molecule is CN=C/C(=C\CC1CCCNC1)c1ccc(Cl)c(NC(O)C2=COC(N)=CC2)c1. The van der Waals surface area contributed by atoms with Crippen molar-refractivity contribution in [1.82, 2.24) is 5.32 Å². The lowest BCUT2D eigenvalue weighted by atomic mass is 9.94. The third-order valence-electron chi connectivity index (χ3n) is 5.17. The fraction of sp³-hybridized carbons (Fsp3) is 0.409. The maximum Gasteiger partial charge on any atom is 0.186 e. The monoisotopic (exact) mass is 416 g/mol. The molecule has 0 spiro atoms. The normalized spacial score (nSPS) is 21.3. The zero-order chi connectivity index (χ0) is 20.6. The molecule has 2 unspecified atom stereocenters. The van der Waals surface area contributed by atoms with Crippen LogP contribution in [-0.4, -0.2) is 37.7 Å². The van der Waals surface area contributed by atoms with E-state index in [-0.39, 0.29) is 0 Å². The molecular formula is C22H29ClN4O2. The van der Waals surface area contributed by atoms with E-state index in [4.69, 9.17) is 22.1 Å². The second-order valence-corrected chi connectivity index (χ2v) is 7.76. The number of hydrogen-bond acceptors (Lipinski definition) is 6. The number of aliphatic hydroxyl groups is 1. The van der Waals surface area contributed by atoms with Crippen LogP contribution in [0, 0.1) is 5.92 Å². The molecular weight excluding hydrogens is 388 g/mol. The molecule has 0 aromatic heterocycles. The number of aliphatic hydroxyl groups excluding tert-OH is 1. The number of ether oxygens (including phenoxy) is 1. The number of benzene rings is 1. The van der Waals surface area contributed by atoms with E-state index in [2.05, 4.69) is 21.7 Å². The quantitative estimate of drug-likeness (QED) is 0.402.